The lowest BCUT2D eigenvalue weighted by Crippen LogP contribution is -2.34. The number of fused-ring (bicyclic) bond motifs is 1. The number of benzene rings is 2. The average Bonchev–Trinajstić information content (AvgIpc) is 2.97. The van der Waals surface area contributed by atoms with Gasteiger partial charge in [-0.05, 0) is 49.9 Å². The lowest BCUT2D eigenvalue weighted by atomic mass is 10.1. The van der Waals surface area contributed by atoms with Gasteiger partial charge in [0.15, 0.2) is 0 Å². The first kappa shape index (κ1) is 22.0. The molecule has 0 fully saturated rings. The van der Waals surface area contributed by atoms with Crippen molar-refractivity contribution in [2.45, 2.75) is 50.0 Å². The summed E-state index contributed by atoms with van der Waals surface area (Å²) in [5.41, 5.74) is 1.19. The van der Waals surface area contributed by atoms with E-state index in [1.165, 1.54) is 6.07 Å². The molecule has 0 bridgehead atoms. The number of amidine groups is 1. The van der Waals surface area contributed by atoms with Crippen molar-refractivity contribution in [3.63, 3.8) is 0 Å². The van der Waals surface area contributed by atoms with Crippen molar-refractivity contribution >= 4 is 21.8 Å². The number of sulfonamides is 1. The molecule has 1 aliphatic heterocycles. The Bertz CT molecular complexity index is 1040. The number of unbranched alkanes of at least 4 members (excludes halogenated alkanes) is 2. The van der Waals surface area contributed by atoms with Gasteiger partial charge < -0.3 is 5.32 Å². The molecule has 0 saturated carbocycles. The van der Waals surface area contributed by atoms with Crippen LogP contribution in [0.15, 0.2) is 58.4 Å². The number of amides is 1. The Balaban J connectivity index is 1.36. The lowest BCUT2D eigenvalue weighted by molar-refractivity contribution is -0.121. The molecule has 1 unspecified atom stereocenters. The van der Waals surface area contributed by atoms with Gasteiger partial charge in [0.2, 0.25) is 5.91 Å². The van der Waals surface area contributed by atoms with Gasteiger partial charge in [-0.15, -0.1) is 0 Å². The maximum atomic E-state index is 13.7. The van der Waals surface area contributed by atoms with Gasteiger partial charge in [-0.3, -0.25) is 14.5 Å². The van der Waals surface area contributed by atoms with Crippen LogP contribution in [0.25, 0.3) is 0 Å². The molecule has 1 heterocycles. The normalized spacial score (nSPS) is 16.7. The van der Waals surface area contributed by atoms with E-state index in [9.17, 15) is 17.6 Å². The molecule has 1 aliphatic rings. The van der Waals surface area contributed by atoms with E-state index in [4.69, 9.17) is 0 Å². The number of rotatable bonds is 9. The third-order valence-electron chi connectivity index (χ3n) is 4.89. The fraction of sp³-hybridized carbons (Fsp3) is 0.364. The molecule has 30 heavy (non-hydrogen) atoms. The first-order valence-corrected chi connectivity index (χ1v) is 11.5. The van der Waals surface area contributed by atoms with Crippen molar-refractivity contribution in [2.24, 2.45) is 4.99 Å². The summed E-state index contributed by atoms with van der Waals surface area (Å²) in [6.45, 7) is 2.35. The minimum absolute atomic E-state index is 0.0531. The fourth-order valence-electron chi connectivity index (χ4n) is 3.41. The van der Waals surface area contributed by atoms with E-state index >= 15 is 0 Å². The van der Waals surface area contributed by atoms with Crippen LogP contribution in [-0.2, 0) is 21.2 Å². The highest BCUT2D eigenvalue weighted by Gasteiger charge is 2.29. The smallest absolute Gasteiger partial charge is 0.263 e. The molecule has 0 aliphatic carbocycles. The fourth-order valence-corrected chi connectivity index (χ4v) is 4.66. The van der Waals surface area contributed by atoms with Gasteiger partial charge in [0.1, 0.15) is 11.7 Å². The number of carbonyl (C=O) groups is 1. The van der Waals surface area contributed by atoms with E-state index in [2.05, 4.69) is 15.0 Å². The van der Waals surface area contributed by atoms with Crippen LogP contribution in [0.3, 0.4) is 0 Å². The highest BCUT2D eigenvalue weighted by atomic mass is 32.2. The summed E-state index contributed by atoms with van der Waals surface area (Å²) in [5, 5.41) is 2.90. The first-order chi connectivity index (χ1) is 14.4. The highest BCUT2D eigenvalue weighted by Crippen LogP contribution is 2.22. The summed E-state index contributed by atoms with van der Waals surface area (Å²) in [5.74, 6) is 0.0698. The van der Waals surface area contributed by atoms with Gasteiger partial charge in [-0.1, -0.05) is 36.8 Å². The molecule has 0 aromatic heterocycles. The highest BCUT2D eigenvalue weighted by molar-refractivity contribution is 7.90. The number of aliphatic imine (C=N–C) groups is 1. The molecule has 0 radical (unpaired) electrons. The molecule has 2 N–H and O–H groups in total. The Hall–Kier alpha value is -2.74. The molecular formula is C22H26FN3O3S. The summed E-state index contributed by atoms with van der Waals surface area (Å²) in [4.78, 5) is 16.7. The van der Waals surface area contributed by atoms with Crippen molar-refractivity contribution < 1.29 is 17.6 Å². The quantitative estimate of drug-likeness (QED) is 0.598. The summed E-state index contributed by atoms with van der Waals surface area (Å²) in [6, 6.07) is 13.2. The van der Waals surface area contributed by atoms with E-state index < -0.39 is 10.0 Å². The van der Waals surface area contributed by atoms with E-state index in [0.717, 1.165) is 12.8 Å². The minimum Gasteiger partial charge on any atom is -0.353 e. The van der Waals surface area contributed by atoms with E-state index in [1.807, 2.05) is 6.92 Å². The molecule has 2 aromatic carbocycles. The van der Waals surface area contributed by atoms with Gasteiger partial charge in [0.25, 0.3) is 10.0 Å². The molecular weight excluding hydrogens is 405 g/mol. The largest absolute Gasteiger partial charge is 0.353 e. The number of hydrogen-bond donors (Lipinski definition) is 2. The molecule has 160 valence electrons. The van der Waals surface area contributed by atoms with Crippen LogP contribution in [0.4, 0.5) is 4.39 Å². The molecule has 0 saturated heterocycles. The van der Waals surface area contributed by atoms with Gasteiger partial charge >= 0.3 is 0 Å². The van der Waals surface area contributed by atoms with Crippen molar-refractivity contribution in [3.8, 4) is 0 Å². The predicted octanol–water partition coefficient (Wildman–Crippen LogP) is 3.17. The van der Waals surface area contributed by atoms with Crippen LogP contribution in [0.5, 0.6) is 0 Å². The second kappa shape index (κ2) is 9.84. The summed E-state index contributed by atoms with van der Waals surface area (Å²) in [6.07, 6.45) is 3.12. The number of halogens is 1. The summed E-state index contributed by atoms with van der Waals surface area (Å²) < 4.78 is 40.2. The van der Waals surface area contributed by atoms with Crippen LogP contribution in [-0.4, -0.2) is 32.7 Å². The van der Waals surface area contributed by atoms with Gasteiger partial charge in [0, 0.05) is 24.6 Å². The third-order valence-corrected chi connectivity index (χ3v) is 6.28. The average molecular weight is 432 g/mol. The van der Waals surface area contributed by atoms with Crippen LogP contribution in [0.1, 0.15) is 43.7 Å². The number of hydrogen-bond acceptors (Lipinski definition) is 4. The summed E-state index contributed by atoms with van der Waals surface area (Å²) in [7, 11) is -3.51. The minimum atomic E-state index is -3.51. The van der Waals surface area contributed by atoms with Gasteiger partial charge in [0.05, 0.1) is 4.90 Å². The van der Waals surface area contributed by atoms with Crippen molar-refractivity contribution in [1.29, 1.82) is 0 Å². The third kappa shape index (κ3) is 5.66. The molecule has 2 aromatic rings. The topological polar surface area (TPSA) is 87.6 Å². The van der Waals surface area contributed by atoms with Crippen molar-refractivity contribution in [1.82, 2.24) is 10.0 Å². The number of nitrogens with one attached hydrogen (secondary N) is 2. The van der Waals surface area contributed by atoms with E-state index in [1.54, 1.807) is 42.5 Å². The maximum Gasteiger partial charge on any atom is 0.263 e. The SMILES string of the molecule is CC(Cc1ccccc1F)NC(=O)CCCCCN=C1NS(=O)(=O)c2ccccc21. The first-order valence-electron chi connectivity index (χ1n) is 10.1. The molecule has 1 atom stereocenters. The van der Waals surface area contributed by atoms with E-state index in [0.29, 0.717) is 42.8 Å². The van der Waals surface area contributed by atoms with Crippen LogP contribution in [0, 0.1) is 5.82 Å². The number of carbonyl (C=O) groups excluding carboxylic acids is 1. The maximum absolute atomic E-state index is 13.7. The zero-order chi connectivity index (χ0) is 21.6. The Morgan fingerprint density at radius 2 is 1.83 bits per heavy atom. The second-order valence-electron chi connectivity index (χ2n) is 7.41. The van der Waals surface area contributed by atoms with Crippen LogP contribution < -0.4 is 10.0 Å². The second-order valence-corrected chi connectivity index (χ2v) is 9.06. The van der Waals surface area contributed by atoms with E-state index in [-0.39, 0.29) is 22.7 Å². The Labute approximate surface area is 176 Å². The molecule has 0 spiro atoms. The Morgan fingerprint density at radius 1 is 1.10 bits per heavy atom. The van der Waals surface area contributed by atoms with Crippen molar-refractivity contribution in [3.05, 3.63) is 65.5 Å². The van der Waals surface area contributed by atoms with Crippen LogP contribution >= 0.6 is 0 Å². The predicted molar refractivity (Wildman–Crippen MR) is 114 cm³/mol. The number of nitrogens with zero attached hydrogens (tertiary/aromatic N) is 1. The Kier molecular flexibility index (Phi) is 7.20. The molecule has 8 heteroatoms. The van der Waals surface area contributed by atoms with Crippen molar-refractivity contribution in [2.75, 3.05) is 6.54 Å². The van der Waals surface area contributed by atoms with Gasteiger partial charge in [-0.25, -0.2) is 12.8 Å². The summed E-state index contributed by atoms with van der Waals surface area (Å²) >= 11 is 0. The Morgan fingerprint density at radius 3 is 2.63 bits per heavy atom. The zero-order valence-corrected chi connectivity index (χ0v) is 17.7. The molecule has 6 nitrogen and oxygen atoms in total. The standard InChI is InChI=1S/C22H26FN3O3S/c1-16(15-17-9-4-6-11-19(17)23)25-21(27)13-3-2-8-14-24-22-18-10-5-7-12-20(18)30(28,29)26-22/h4-7,9-12,16H,2-3,8,13-15H2,1H3,(H,24,26)(H,25,27). The lowest BCUT2D eigenvalue weighted by Gasteiger charge is -2.14. The molecule has 3 rings (SSSR count). The zero-order valence-electron chi connectivity index (χ0n) is 16.9. The van der Waals surface area contributed by atoms with Crippen LogP contribution in [0.2, 0.25) is 0 Å². The monoisotopic (exact) mass is 431 g/mol. The van der Waals surface area contributed by atoms with Gasteiger partial charge in [-0.2, -0.15) is 0 Å². The molecule has 1 amide bonds.